The molecule has 0 aliphatic carbocycles. The second-order valence-electron chi connectivity index (χ2n) is 9.47. The van der Waals surface area contributed by atoms with Crippen LogP contribution in [-0.2, 0) is 6.18 Å². The summed E-state index contributed by atoms with van der Waals surface area (Å²) >= 11 is 0. The Morgan fingerprint density at radius 1 is 1.08 bits per heavy atom. The van der Waals surface area contributed by atoms with Crippen LogP contribution < -0.4 is 10.2 Å². The van der Waals surface area contributed by atoms with E-state index in [0.29, 0.717) is 17.1 Å². The number of nitrogens with one attached hydrogen (secondary N) is 1. The van der Waals surface area contributed by atoms with E-state index in [0.717, 1.165) is 58.1 Å². The van der Waals surface area contributed by atoms with Gasteiger partial charge in [0.05, 0.1) is 5.69 Å². The number of anilines is 2. The van der Waals surface area contributed by atoms with Crippen LogP contribution in [0, 0.1) is 11.3 Å². The van der Waals surface area contributed by atoms with Crippen molar-refractivity contribution in [1.82, 2.24) is 29.4 Å². The van der Waals surface area contributed by atoms with Gasteiger partial charge in [-0.15, -0.1) is 0 Å². The second-order valence-corrected chi connectivity index (χ2v) is 9.47. The molecule has 1 aliphatic heterocycles. The molecule has 9 nitrogen and oxygen atoms in total. The molecule has 0 bridgehead atoms. The first kappa shape index (κ1) is 27.3. The monoisotopic (exact) mass is 527 g/mol. The molecule has 0 amide bonds. The number of halogens is 3. The number of likely N-dealkylation sites (N-methyl/N-ethyl adjacent to an activating group) is 1. The molecule has 1 aliphatic rings. The first-order chi connectivity index (χ1) is 18.2. The van der Waals surface area contributed by atoms with Gasteiger partial charge in [0.15, 0.2) is 0 Å². The third-order valence-corrected chi connectivity index (χ3v) is 6.63. The Morgan fingerprint density at radius 2 is 1.79 bits per heavy atom. The number of pyridine rings is 1. The fraction of sp³-hybridized carbons (Fsp3) is 0.500. The molecule has 38 heavy (non-hydrogen) atoms. The molecule has 0 saturated carbocycles. The van der Waals surface area contributed by atoms with Crippen LogP contribution in [0.1, 0.15) is 50.7 Å². The van der Waals surface area contributed by atoms with Crippen molar-refractivity contribution in [2.75, 3.05) is 43.4 Å². The summed E-state index contributed by atoms with van der Waals surface area (Å²) in [5.41, 5.74) is -0.421. The highest BCUT2D eigenvalue weighted by atomic mass is 19.4. The van der Waals surface area contributed by atoms with E-state index in [9.17, 15) is 18.4 Å². The molecule has 4 rings (SSSR count). The summed E-state index contributed by atoms with van der Waals surface area (Å²) in [4.78, 5) is 21.2. The van der Waals surface area contributed by atoms with Gasteiger partial charge in [-0.25, -0.2) is 19.9 Å². The molecule has 0 unspecified atom stereocenters. The van der Waals surface area contributed by atoms with Gasteiger partial charge in [0.2, 0.25) is 5.95 Å². The molecule has 1 N–H and O–H groups in total. The van der Waals surface area contributed by atoms with E-state index in [1.807, 2.05) is 11.9 Å². The van der Waals surface area contributed by atoms with Crippen LogP contribution in [0.25, 0.3) is 17.1 Å². The molecule has 12 heteroatoms. The topological polar surface area (TPSA) is 98.8 Å². The van der Waals surface area contributed by atoms with Crippen molar-refractivity contribution in [3.63, 3.8) is 0 Å². The van der Waals surface area contributed by atoms with Crippen LogP contribution in [0.5, 0.6) is 0 Å². The molecule has 0 aromatic carbocycles. The first-order valence-electron chi connectivity index (χ1n) is 12.8. The lowest BCUT2D eigenvalue weighted by atomic mass is 10.1. The third-order valence-electron chi connectivity index (χ3n) is 6.63. The number of aromatic nitrogens is 5. The summed E-state index contributed by atoms with van der Waals surface area (Å²) in [5, 5.41) is 13.2. The standard InChI is InChI=1S/C26H32F3N9/c1-4-6-18(7-5-2)34-25-32-15-20(26(27,28)29)23(35-25)21-16-38(17-33-21)22-8-9-31-24(19(22)14-30)37-12-10-36(3)11-13-37/h8-9,15-18H,4-7,10-13H2,1-3H3,(H,32,34,35). The first-order valence-corrected chi connectivity index (χ1v) is 12.8. The van der Waals surface area contributed by atoms with Crippen molar-refractivity contribution in [3.05, 3.63) is 42.1 Å². The Balaban J connectivity index is 1.71. The molecular formula is C26H32F3N9. The van der Waals surface area contributed by atoms with Gasteiger partial charge in [-0.05, 0) is 26.0 Å². The maximum Gasteiger partial charge on any atom is 0.420 e. The minimum absolute atomic E-state index is 0.0344. The van der Waals surface area contributed by atoms with E-state index in [2.05, 4.69) is 50.1 Å². The maximum atomic E-state index is 13.9. The van der Waals surface area contributed by atoms with E-state index in [-0.39, 0.29) is 23.4 Å². The average Bonchev–Trinajstić information content (AvgIpc) is 3.38. The Hall–Kier alpha value is -3.72. The van der Waals surface area contributed by atoms with Crippen LogP contribution in [0.2, 0.25) is 0 Å². The number of imidazole rings is 1. The summed E-state index contributed by atoms with van der Waals surface area (Å²) in [6.07, 6.45) is 4.17. The summed E-state index contributed by atoms with van der Waals surface area (Å²) in [5.74, 6) is 0.684. The van der Waals surface area contributed by atoms with Gasteiger partial charge in [0.1, 0.15) is 40.7 Å². The Morgan fingerprint density at radius 3 is 2.42 bits per heavy atom. The number of hydrogen-bond acceptors (Lipinski definition) is 8. The van der Waals surface area contributed by atoms with Crippen LogP contribution in [0.15, 0.2) is 31.0 Å². The SMILES string of the molecule is CCCC(CCC)Nc1ncc(C(F)(F)F)c(-c2cn(-c3ccnc(N4CCN(C)CC4)c3C#N)cn2)n1. The summed E-state index contributed by atoms with van der Waals surface area (Å²) < 4.78 is 43.3. The highest BCUT2D eigenvalue weighted by molar-refractivity contribution is 5.66. The van der Waals surface area contributed by atoms with E-state index in [4.69, 9.17) is 0 Å². The van der Waals surface area contributed by atoms with E-state index in [1.54, 1.807) is 16.8 Å². The zero-order chi connectivity index (χ0) is 27.3. The minimum Gasteiger partial charge on any atom is -0.353 e. The van der Waals surface area contributed by atoms with Gasteiger partial charge in [0, 0.05) is 50.8 Å². The van der Waals surface area contributed by atoms with Crippen molar-refractivity contribution >= 4 is 11.8 Å². The third kappa shape index (κ3) is 6.05. The minimum atomic E-state index is -4.66. The molecule has 1 fully saturated rings. The van der Waals surface area contributed by atoms with E-state index in [1.165, 1.54) is 12.5 Å². The van der Waals surface area contributed by atoms with Crippen molar-refractivity contribution < 1.29 is 13.2 Å². The number of piperazine rings is 1. The van der Waals surface area contributed by atoms with Crippen LogP contribution in [-0.4, -0.2) is 68.7 Å². The van der Waals surface area contributed by atoms with Gasteiger partial charge in [-0.1, -0.05) is 26.7 Å². The highest BCUT2D eigenvalue weighted by Crippen LogP contribution is 2.36. The Kier molecular flexibility index (Phi) is 8.46. The number of alkyl halides is 3. The molecule has 1 saturated heterocycles. The molecule has 0 spiro atoms. The molecule has 0 radical (unpaired) electrons. The normalized spacial score (nSPS) is 14.6. The number of nitrogens with zero attached hydrogens (tertiary/aromatic N) is 8. The maximum absolute atomic E-state index is 13.9. The van der Waals surface area contributed by atoms with Crippen LogP contribution in [0.4, 0.5) is 24.9 Å². The Labute approximate surface area is 220 Å². The summed E-state index contributed by atoms with van der Waals surface area (Å²) in [7, 11) is 2.04. The quantitative estimate of drug-likeness (QED) is 0.426. The fourth-order valence-electron chi connectivity index (χ4n) is 4.62. The van der Waals surface area contributed by atoms with Gasteiger partial charge < -0.3 is 19.7 Å². The van der Waals surface area contributed by atoms with E-state index < -0.39 is 11.7 Å². The highest BCUT2D eigenvalue weighted by Gasteiger charge is 2.36. The molecule has 3 aromatic heterocycles. The van der Waals surface area contributed by atoms with Crippen LogP contribution in [0.3, 0.4) is 0 Å². The smallest absolute Gasteiger partial charge is 0.353 e. The summed E-state index contributed by atoms with van der Waals surface area (Å²) in [6, 6.07) is 3.95. The molecule has 202 valence electrons. The van der Waals surface area contributed by atoms with Gasteiger partial charge in [-0.3, -0.25) is 0 Å². The molecule has 3 aromatic rings. The zero-order valence-corrected chi connectivity index (χ0v) is 21.8. The Bertz CT molecular complexity index is 1270. The predicted octanol–water partition coefficient (Wildman–Crippen LogP) is 4.75. The van der Waals surface area contributed by atoms with E-state index >= 15 is 0 Å². The largest absolute Gasteiger partial charge is 0.420 e. The molecule has 4 heterocycles. The zero-order valence-electron chi connectivity index (χ0n) is 21.8. The van der Waals surface area contributed by atoms with Crippen molar-refractivity contribution in [3.8, 4) is 23.1 Å². The number of nitriles is 1. The number of rotatable bonds is 9. The second kappa shape index (κ2) is 11.8. The lowest BCUT2D eigenvalue weighted by molar-refractivity contribution is -0.137. The molecular weight excluding hydrogens is 495 g/mol. The average molecular weight is 528 g/mol. The fourth-order valence-corrected chi connectivity index (χ4v) is 4.62. The van der Waals surface area contributed by atoms with Crippen molar-refractivity contribution in [2.45, 2.75) is 51.7 Å². The lowest BCUT2D eigenvalue weighted by Crippen LogP contribution is -2.45. The van der Waals surface area contributed by atoms with Crippen molar-refractivity contribution in [1.29, 1.82) is 5.26 Å². The van der Waals surface area contributed by atoms with Gasteiger partial charge in [-0.2, -0.15) is 18.4 Å². The number of hydrogen-bond donors (Lipinski definition) is 1. The van der Waals surface area contributed by atoms with Crippen LogP contribution >= 0.6 is 0 Å². The van der Waals surface area contributed by atoms with Gasteiger partial charge in [0.25, 0.3) is 0 Å². The van der Waals surface area contributed by atoms with Crippen molar-refractivity contribution in [2.24, 2.45) is 0 Å². The van der Waals surface area contributed by atoms with Gasteiger partial charge >= 0.3 is 6.18 Å². The summed E-state index contributed by atoms with van der Waals surface area (Å²) in [6.45, 7) is 7.24. The lowest BCUT2D eigenvalue weighted by Gasteiger charge is -2.33. The predicted molar refractivity (Wildman–Crippen MR) is 139 cm³/mol. The molecule has 0 atom stereocenters.